The molecular formula is C24H34N6O4S. The fourth-order valence-electron chi connectivity index (χ4n) is 4.35. The van der Waals surface area contributed by atoms with E-state index < -0.39 is 10.0 Å². The summed E-state index contributed by atoms with van der Waals surface area (Å²) in [5.74, 6) is 2.02. The van der Waals surface area contributed by atoms with Gasteiger partial charge < -0.3 is 20.4 Å². The zero-order valence-corrected chi connectivity index (χ0v) is 21.2. The molecule has 35 heavy (non-hydrogen) atoms. The van der Waals surface area contributed by atoms with Crippen molar-refractivity contribution in [2.45, 2.75) is 37.5 Å². The van der Waals surface area contributed by atoms with Crippen LogP contribution in [0.15, 0.2) is 41.4 Å². The van der Waals surface area contributed by atoms with Crippen LogP contribution in [0.1, 0.15) is 38.2 Å². The molecule has 11 heteroatoms. The van der Waals surface area contributed by atoms with E-state index >= 15 is 0 Å². The van der Waals surface area contributed by atoms with E-state index in [-0.39, 0.29) is 36.5 Å². The van der Waals surface area contributed by atoms with Crippen molar-refractivity contribution < 1.29 is 18.6 Å². The number of anilines is 3. The van der Waals surface area contributed by atoms with Gasteiger partial charge in [0.2, 0.25) is 10.0 Å². The molecule has 0 amide bonds. The van der Waals surface area contributed by atoms with E-state index in [4.69, 9.17) is 10.1 Å². The number of fused-ring (bicyclic) bond motifs is 1. The average molecular weight is 503 g/mol. The summed E-state index contributed by atoms with van der Waals surface area (Å²) in [5.41, 5.74) is 2.52. The molecule has 0 spiro atoms. The highest BCUT2D eigenvalue weighted by Crippen LogP contribution is 2.30. The molecule has 3 N–H and O–H groups in total. The van der Waals surface area contributed by atoms with Crippen molar-refractivity contribution in [2.75, 3.05) is 50.1 Å². The minimum absolute atomic E-state index is 0.0330. The summed E-state index contributed by atoms with van der Waals surface area (Å²) in [4.78, 5) is 7.30. The van der Waals surface area contributed by atoms with Crippen LogP contribution >= 0.6 is 0 Å². The van der Waals surface area contributed by atoms with Gasteiger partial charge in [-0.15, -0.1) is 0 Å². The molecule has 2 aromatic heterocycles. The first-order chi connectivity index (χ1) is 16.7. The highest BCUT2D eigenvalue weighted by molar-refractivity contribution is 7.89. The average Bonchev–Trinajstić information content (AvgIpc) is 3.29. The molecule has 3 aromatic rings. The lowest BCUT2D eigenvalue weighted by Gasteiger charge is -2.33. The number of piperidine rings is 1. The molecule has 0 saturated carbocycles. The Bertz CT molecular complexity index is 1260. The van der Waals surface area contributed by atoms with Gasteiger partial charge in [0.15, 0.2) is 5.65 Å². The van der Waals surface area contributed by atoms with Crippen molar-refractivity contribution in [1.29, 1.82) is 0 Å². The second kappa shape index (κ2) is 10.5. The number of likely N-dealkylation sites (N-methyl/N-ethyl adjacent to an activating group) is 1. The smallest absolute Gasteiger partial charge is 0.242 e. The van der Waals surface area contributed by atoms with Crippen LogP contribution in [0, 0.1) is 5.92 Å². The first-order valence-corrected chi connectivity index (χ1v) is 13.4. The zero-order chi connectivity index (χ0) is 25.2. The standard InChI is InChI=1S/C24H34N6O4S/c1-17(2)21-14-25-30-23(13-22(27-24(21)30)29-10-4-5-18(15-29)16-32)26-19-6-8-20(9-7-19)35(33,34)28(3)11-12-31/h6-9,13-14,17-18,26,31-32H,4-5,10-12,15-16H2,1-3H3. The molecule has 0 bridgehead atoms. The Labute approximate surface area is 206 Å². The van der Waals surface area contributed by atoms with Gasteiger partial charge in [-0.05, 0) is 48.9 Å². The Balaban J connectivity index is 1.68. The van der Waals surface area contributed by atoms with Gasteiger partial charge in [-0.1, -0.05) is 13.8 Å². The fraction of sp³-hybridized carbons (Fsp3) is 0.500. The quantitative estimate of drug-likeness (QED) is 0.408. The number of benzene rings is 1. The molecule has 1 aliphatic rings. The van der Waals surface area contributed by atoms with E-state index in [0.717, 1.165) is 53.1 Å². The van der Waals surface area contributed by atoms with Crippen LogP contribution in [0.25, 0.3) is 5.65 Å². The summed E-state index contributed by atoms with van der Waals surface area (Å²) in [6.45, 7) is 5.79. The summed E-state index contributed by atoms with van der Waals surface area (Å²) in [6.07, 6.45) is 3.84. The van der Waals surface area contributed by atoms with E-state index in [1.165, 1.54) is 7.05 Å². The van der Waals surface area contributed by atoms with Crippen molar-refractivity contribution in [2.24, 2.45) is 5.92 Å². The molecule has 10 nitrogen and oxygen atoms in total. The maximum atomic E-state index is 12.7. The van der Waals surface area contributed by atoms with E-state index in [1.54, 1.807) is 28.8 Å². The molecule has 190 valence electrons. The van der Waals surface area contributed by atoms with Crippen molar-refractivity contribution in [3.63, 3.8) is 0 Å². The number of aromatic nitrogens is 3. The first-order valence-electron chi connectivity index (χ1n) is 11.9. The monoisotopic (exact) mass is 502 g/mol. The lowest BCUT2D eigenvalue weighted by Crippen LogP contribution is -2.37. The number of nitrogens with zero attached hydrogens (tertiary/aromatic N) is 5. The molecule has 1 fully saturated rings. The van der Waals surface area contributed by atoms with Crippen molar-refractivity contribution in [1.82, 2.24) is 18.9 Å². The summed E-state index contributed by atoms with van der Waals surface area (Å²) in [6, 6.07) is 8.46. The van der Waals surface area contributed by atoms with Gasteiger partial charge in [0.25, 0.3) is 0 Å². The first kappa shape index (κ1) is 25.4. The number of aliphatic hydroxyl groups is 2. The zero-order valence-electron chi connectivity index (χ0n) is 20.4. The van der Waals surface area contributed by atoms with Gasteiger partial charge in [0.05, 0.1) is 17.7 Å². The molecule has 0 aliphatic carbocycles. The van der Waals surface area contributed by atoms with Gasteiger partial charge >= 0.3 is 0 Å². The van der Waals surface area contributed by atoms with E-state index in [2.05, 4.69) is 29.2 Å². The molecule has 1 aliphatic heterocycles. The Morgan fingerprint density at radius 1 is 1.23 bits per heavy atom. The SMILES string of the molecule is CC(C)c1cnn2c(Nc3ccc(S(=O)(=O)N(C)CCO)cc3)cc(N3CCCC(CO)C3)nc12. The maximum Gasteiger partial charge on any atom is 0.242 e. The van der Waals surface area contributed by atoms with Crippen LogP contribution < -0.4 is 10.2 Å². The van der Waals surface area contributed by atoms with Crippen LogP contribution in [0.4, 0.5) is 17.3 Å². The number of nitrogens with one attached hydrogen (secondary N) is 1. The van der Waals surface area contributed by atoms with E-state index in [9.17, 15) is 13.5 Å². The second-order valence-corrected chi connectivity index (χ2v) is 11.4. The van der Waals surface area contributed by atoms with Gasteiger partial charge in [-0.2, -0.15) is 13.9 Å². The highest BCUT2D eigenvalue weighted by atomic mass is 32.2. The molecular weight excluding hydrogens is 468 g/mol. The topological polar surface area (TPSA) is 123 Å². The molecule has 3 heterocycles. The normalized spacial score (nSPS) is 17.0. The van der Waals surface area contributed by atoms with Crippen LogP contribution in [0.5, 0.6) is 0 Å². The molecule has 1 atom stereocenters. The minimum atomic E-state index is -3.67. The second-order valence-electron chi connectivity index (χ2n) is 9.33. The predicted molar refractivity (Wildman–Crippen MR) is 136 cm³/mol. The third kappa shape index (κ3) is 5.27. The van der Waals surface area contributed by atoms with Gasteiger partial charge in [0, 0.05) is 50.6 Å². The largest absolute Gasteiger partial charge is 0.396 e. The number of hydrogen-bond donors (Lipinski definition) is 3. The number of sulfonamides is 1. The van der Waals surface area contributed by atoms with Gasteiger partial charge in [-0.25, -0.2) is 13.4 Å². The van der Waals surface area contributed by atoms with Crippen molar-refractivity contribution in [3.8, 4) is 0 Å². The number of hydrogen-bond acceptors (Lipinski definition) is 8. The predicted octanol–water partition coefficient (Wildman–Crippen LogP) is 2.42. The van der Waals surface area contributed by atoms with Crippen LogP contribution in [0.2, 0.25) is 0 Å². The van der Waals surface area contributed by atoms with Crippen LogP contribution in [-0.4, -0.2) is 77.4 Å². The molecule has 1 unspecified atom stereocenters. The number of aliphatic hydroxyl groups excluding tert-OH is 2. The highest BCUT2D eigenvalue weighted by Gasteiger charge is 2.23. The van der Waals surface area contributed by atoms with Crippen LogP contribution in [-0.2, 0) is 10.0 Å². The summed E-state index contributed by atoms with van der Waals surface area (Å²) < 4.78 is 28.2. The van der Waals surface area contributed by atoms with Gasteiger partial charge in [0.1, 0.15) is 11.6 Å². The lowest BCUT2D eigenvalue weighted by molar-refractivity contribution is 0.208. The summed E-state index contributed by atoms with van der Waals surface area (Å²) in [7, 11) is -2.23. The maximum absolute atomic E-state index is 12.7. The van der Waals surface area contributed by atoms with E-state index in [1.807, 2.05) is 12.3 Å². The van der Waals surface area contributed by atoms with Crippen LogP contribution in [0.3, 0.4) is 0 Å². The Morgan fingerprint density at radius 2 is 1.97 bits per heavy atom. The third-order valence-electron chi connectivity index (χ3n) is 6.46. The molecule has 1 saturated heterocycles. The number of rotatable bonds is 9. The van der Waals surface area contributed by atoms with Gasteiger partial charge in [-0.3, -0.25) is 0 Å². The fourth-order valence-corrected chi connectivity index (χ4v) is 5.51. The molecule has 0 radical (unpaired) electrons. The summed E-state index contributed by atoms with van der Waals surface area (Å²) in [5, 5.41) is 26.7. The Morgan fingerprint density at radius 3 is 2.63 bits per heavy atom. The minimum Gasteiger partial charge on any atom is -0.396 e. The summed E-state index contributed by atoms with van der Waals surface area (Å²) >= 11 is 0. The van der Waals surface area contributed by atoms with E-state index in [0.29, 0.717) is 5.69 Å². The lowest BCUT2D eigenvalue weighted by atomic mass is 9.99. The Kier molecular flexibility index (Phi) is 7.60. The van der Waals surface area contributed by atoms with Crippen molar-refractivity contribution in [3.05, 3.63) is 42.1 Å². The third-order valence-corrected chi connectivity index (χ3v) is 8.33. The van der Waals surface area contributed by atoms with Crippen molar-refractivity contribution >= 4 is 33.0 Å². The molecule has 4 rings (SSSR count). The Hall–Kier alpha value is -2.73. The molecule has 1 aromatic carbocycles.